The van der Waals surface area contributed by atoms with Gasteiger partial charge in [-0.2, -0.15) is 26.3 Å². The van der Waals surface area contributed by atoms with Crippen LogP contribution in [0, 0.1) is 5.92 Å². The summed E-state index contributed by atoms with van der Waals surface area (Å²) in [5, 5.41) is 2.06. The highest BCUT2D eigenvalue weighted by Crippen LogP contribution is 2.47. The second-order valence-electron chi connectivity index (χ2n) is 8.80. The number of hydrogen-bond acceptors (Lipinski definition) is 0. The molecule has 1 nitrogen and oxygen atoms in total. The van der Waals surface area contributed by atoms with E-state index in [9.17, 15) is 26.3 Å². The summed E-state index contributed by atoms with van der Waals surface area (Å²) in [6.45, 7) is 1.77. The van der Waals surface area contributed by atoms with Crippen LogP contribution in [0.15, 0.2) is 72.8 Å². The van der Waals surface area contributed by atoms with E-state index in [4.69, 9.17) is 0 Å². The van der Waals surface area contributed by atoms with Gasteiger partial charge >= 0.3 is 12.4 Å². The van der Waals surface area contributed by atoms with Gasteiger partial charge in [0.1, 0.15) is 0 Å². The molecular formula is C27H21F6N. The van der Waals surface area contributed by atoms with Gasteiger partial charge in [-0.05, 0) is 48.1 Å². The van der Waals surface area contributed by atoms with Gasteiger partial charge in [-0.3, -0.25) is 0 Å². The van der Waals surface area contributed by atoms with Crippen LogP contribution in [0.25, 0.3) is 27.4 Å². The maximum absolute atomic E-state index is 14.0. The van der Waals surface area contributed by atoms with Crippen molar-refractivity contribution in [1.29, 1.82) is 0 Å². The van der Waals surface area contributed by atoms with Crippen molar-refractivity contribution in [2.45, 2.75) is 38.2 Å². The number of aromatic nitrogens is 1. The summed E-state index contributed by atoms with van der Waals surface area (Å²) in [6, 6.07) is 18.0. The SMILES string of the molecule is CC1CCC(n2c3ccccc3c3ccccc32)C=C1c1cccc(C(F)(F)F)c1C(F)(F)F. The lowest BCUT2D eigenvalue weighted by atomic mass is 9.80. The van der Waals surface area contributed by atoms with Gasteiger partial charge in [0.25, 0.3) is 0 Å². The van der Waals surface area contributed by atoms with Crippen molar-refractivity contribution < 1.29 is 26.3 Å². The molecule has 0 saturated carbocycles. The molecule has 1 aromatic heterocycles. The minimum atomic E-state index is -5.14. The van der Waals surface area contributed by atoms with Gasteiger partial charge in [-0.1, -0.05) is 61.5 Å². The summed E-state index contributed by atoms with van der Waals surface area (Å²) in [6.07, 6.45) is -7.27. The molecule has 2 unspecified atom stereocenters. The summed E-state index contributed by atoms with van der Waals surface area (Å²) >= 11 is 0. The molecule has 0 radical (unpaired) electrons. The minimum absolute atomic E-state index is 0.286. The first-order chi connectivity index (χ1) is 16.1. The predicted octanol–water partition coefficient (Wildman–Crippen LogP) is 8.89. The molecule has 0 aliphatic heterocycles. The van der Waals surface area contributed by atoms with Crippen molar-refractivity contribution in [2.24, 2.45) is 5.92 Å². The second-order valence-corrected chi connectivity index (χ2v) is 8.80. The number of para-hydroxylation sites is 2. The molecule has 0 spiro atoms. The molecule has 0 fully saturated rings. The van der Waals surface area contributed by atoms with Crippen LogP contribution in [0.4, 0.5) is 26.3 Å². The highest BCUT2D eigenvalue weighted by Gasteiger charge is 2.45. The lowest BCUT2D eigenvalue weighted by Gasteiger charge is -2.31. The third-order valence-electron chi connectivity index (χ3n) is 6.71. The highest BCUT2D eigenvalue weighted by molar-refractivity contribution is 6.08. The minimum Gasteiger partial charge on any atom is -0.333 e. The van der Waals surface area contributed by atoms with Crippen molar-refractivity contribution in [3.05, 3.63) is 89.5 Å². The number of hydrogen-bond donors (Lipinski definition) is 0. The van der Waals surface area contributed by atoms with Crippen LogP contribution in [-0.4, -0.2) is 4.57 Å². The van der Waals surface area contributed by atoms with Crippen LogP contribution >= 0.6 is 0 Å². The lowest BCUT2D eigenvalue weighted by Crippen LogP contribution is -2.21. The van der Waals surface area contributed by atoms with E-state index in [-0.39, 0.29) is 17.5 Å². The molecule has 4 aromatic rings. The fourth-order valence-electron chi connectivity index (χ4n) is 5.23. The van der Waals surface area contributed by atoms with Crippen molar-refractivity contribution in [3.8, 4) is 0 Å². The number of halogens is 6. The third kappa shape index (κ3) is 3.67. The van der Waals surface area contributed by atoms with Crippen LogP contribution in [0.2, 0.25) is 0 Å². The Balaban J connectivity index is 1.75. The first kappa shape index (κ1) is 22.6. The van der Waals surface area contributed by atoms with Crippen molar-refractivity contribution in [3.63, 3.8) is 0 Å². The first-order valence-corrected chi connectivity index (χ1v) is 11.0. The average Bonchev–Trinajstić information content (AvgIpc) is 3.12. The Morgan fingerprint density at radius 1 is 0.706 bits per heavy atom. The zero-order valence-electron chi connectivity index (χ0n) is 18.2. The number of fused-ring (bicyclic) bond motifs is 3. The second kappa shape index (κ2) is 7.93. The Hall–Kier alpha value is -3.22. The molecule has 5 rings (SSSR count). The Labute approximate surface area is 192 Å². The van der Waals surface area contributed by atoms with Gasteiger partial charge in [0.15, 0.2) is 0 Å². The third-order valence-corrected chi connectivity index (χ3v) is 6.71. The van der Waals surface area contributed by atoms with Gasteiger partial charge in [-0.15, -0.1) is 0 Å². The zero-order valence-corrected chi connectivity index (χ0v) is 18.2. The molecular weight excluding hydrogens is 452 g/mol. The molecule has 1 aliphatic rings. The first-order valence-electron chi connectivity index (χ1n) is 11.0. The van der Waals surface area contributed by atoms with E-state index in [1.807, 2.05) is 48.5 Å². The van der Waals surface area contributed by atoms with E-state index < -0.39 is 23.5 Å². The van der Waals surface area contributed by atoms with Crippen LogP contribution in [0.1, 0.15) is 42.5 Å². The van der Waals surface area contributed by atoms with E-state index in [0.29, 0.717) is 24.5 Å². The van der Waals surface area contributed by atoms with Crippen LogP contribution in [-0.2, 0) is 12.4 Å². The molecule has 0 amide bonds. The molecule has 2 atom stereocenters. The summed E-state index contributed by atoms with van der Waals surface area (Å²) in [4.78, 5) is 0. The van der Waals surface area contributed by atoms with E-state index in [0.717, 1.165) is 33.9 Å². The van der Waals surface area contributed by atoms with Gasteiger partial charge < -0.3 is 4.57 Å². The normalized spacial score (nSPS) is 19.6. The van der Waals surface area contributed by atoms with Crippen LogP contribution in [0.5, 0.6) is 0 Å². The fraction of sp³-hybridized carbons (Fsp3) is 0.259. The fourth-order valence-corrected chi connectivity index (χ4v) is 5.23. The number of alkyl halides is 6. The molecule has 7 heteroatoms. The monoisotopic (exact) mass is 473 g/mol. The van der Waals surface area contributed by atoms with Crippen molar-refractivity contribution >= 4 is 27.4 Å². The molecule has 0 N–H and O–H groups in total. The Bertz CT molecular complexity index is 1350. The zero-order chi connectivity index (χ0) is 24.3. The Kier molecular flexibility index (Phi) is 5.26. The summed E-state index contributed by atoms with van der Waals surface area (Å²) in [5.41, 5.74) is -1.46. The summed E-state index contributed by atoms with van der Waals surface area (Å²) < 4.78 is 84.7. The van der Waals surface area contributed by atoms with E-state index in [1.54, 1.807) is 13.0 Å². The molecule has 0 bridgehead atoms. The maximum Gasteiger partial charge on any atom is 0.417 e. The van der Waals surface area contributed by atoms with Crippen LogP contribution in [0.3, 0.4) is 0 Å². The number of rotatable bonds is 2. The predicted molar refractivity (Wildman–Crippen MR) is 121 cm³/mol. The number of benzene rings is 3. The number of allylic oxidation sites excluding steroid dienone is 2. The quantitative estimate of drug-likeness (QED) is 0.256. The molecule has 1 heterocycles. The molecule has 1 aliphatic carbocycles. The largest absolute Gasteiger partial charge is 0.417 e. The Morgan fingerprint density at radius 3 is 1.85 bits per heavy atom. The van der Waals surface area contributed by atoms with Crippen molar-refractivity contribution in [2.75, 3.05) is 0 Å². The Morgan fingerprint density at radius 2 is 1.29 bits per heavy atom. The van der Waals surface area contributed by atoms with E-state index >= 15 is 0 Å². The van der Waals surface area contributed by atoms with Gasteiger partial charge in [0.05, 0.1) is 17.2 Å². The van der Waals surface area contributed by atoms with E-state index in [2.05, 4.69) is 4.57 Å². The number of nitrogens with zero attached hydrogens (tertiary/aromatic N) is 1. The molecule has 34 heavy (non-hydrogen) atoms. The molecule has 0 saturated heterocycles. The van der Waals surface area contributed by atoms with Gasteiger partial charge in [0.2, 0.25) is 0 Å². The standard InChI is InChI=1S/C27H21F6N/c1-16-13-14-17(34-23-11-4-2-7-18(23)19-8-3-5-12-24(19)34)15-21(16)20-9-6-10-22(26(28,29)30)25(20)27(31,32)33/h2-12,15-17H,13-14H2,1H3. The molecule has 176 valence electrons. The van der Waals surface area contributed by atoms with E-state index in [1.165, 1.54) is 0 Å². The molecule has 3 aromatic carbocycles. The lowest BCUT2D eigenvalue weighted by molar-refractivity contribution is -0.162. The average molecular weight is 473 g/mol. The summed E-state index contributed by atoms with van der Waals surface area (Å²) in [5.74, 6) is -0.311. The van der Waals surface area contributed by atoms with Gasteiger partial charge in [-0.25, -0.2) is 0 Å². The van der Waals surface area contributed by atoms with Gasteiger partial charge in [0, 0.05) is 21.8 Å². The van der Waals surface area contributed by atoms with Crippen molar-refractivity contribution in [1.82, 2.24) is 4.57 Å². The highest BCUT2D eigenvalue weighted by atomic mass is 19.4. The smallest absolute Gasteiger partial charge is 0.333 e. The summed E-state index contributed by atoms with van der Waals surface area (Å²) in [7, 11) is 0. The maximum atomic E-state index is 14.0. The van der Waals surface area contributed by atoms with Crippen LogP contribution < -0.4 is 0 Å². The topological polar surface area (TPSA) is 4.93 Å².